The third-order valence-corrected chi connectivity index (χ3v) is 2.83. The number of carboxylic acid groups (broad SMARTS) is 1. The molecule has 0 aliphatic rings. The van der Waals surface area contributed by atoms with Crippen LogP contribution in [0.2, 0.25) is 0 Å². The number of rotatable bonds is 7. The Morgan fingerprint density at radius 2 is 1.70 bits per heavy atom. The van der Waals surface area contributed by atoms with Gasteiger partial charge in [0.05, 0.1) is 13.7 Å². The second-order valence-electron chi connectivity index (χ2n) is 4.34. The Balaban J connectivity index is 1.84. The first kappa shape index (κ1) is 16.2. The van der Waals surface area contributed by atoms with E-state index in [4.69, 9.17) is 14.6 Å². The first-order chi connectivity index (χ1) is 11.1. The Kier molecular flexibility index (Phi) is 5.45. The Hall–Kier alpha value is -3.16. The zero-order chi connectivity index (χ0) is 16.7. The SMILES string of the molecule is COc1ccc(OCCNC(=O)c2nccnc2C(=O)O)cc1. The number of aromatic nitrogens is 2. The number of carboxylic acids is 1. The summed E-state index contributed by atoms with van der Waals surface area (Å²) in [5.41, 5.74) is -0.620. The lowest BCUT2D eigenvalue weighted by Crippen LogP contribution is -2.30. The highest BCUT2D eigenvalue weighted by molar-refractivity contribution is 6.01. The molecule has 120 valence electrons. The fraction of sp³-hybridized carbons (Fsp3) is 0.200. The number of nitrogens with one attached hydrogen (secondary N) is 1. The van der Waals surface area contributed by atoms with Gasteiger partial charge in [0.2, 0.25) is 0 Å². The summed E-state index contributed by atoms with van der Waals surface area (Å²) in [5, 5.41) is 11.5. The van der Waals surface area contributed by atoms with Crippen molar-refractivity contribution in [1.29, 1.82) is 0 Å². The van der Waals surface area contributed by atoms with Gasteiger partial charge in [0.1, 0.15) is 18.1 Å². The minimum atomic E-state index is -1.31. The molecule has 1 aromatic heterocycles. The van der Waals surface area contributed by atoms with Crippen molar-refractivity contribution >= 4 is 11.9 Å². The quantitative estimate of drug-likeness (QED) is 0.733. The number of methoxy groups -OCH3 is 1. The summed E-state index contributed by atoms with van der Waals surface area (Å²) in [6.07, 6.45) is 2.47. The third kappa shape index (κ3) is 4.40. The molecule has 0 bridgehead atoms. The maximum Gasteiger partial charge on any atom is 0.356 e. The van der Waals surface area contributed by atoms with Gasteiger partial charge < -0.3 is 19.9 Å². The molecule has 2 rings (SSSR count). The molecule has 0 aliphatic carbocycles. The molecular weight excluding hydrogens is 302 g/mol. The minimum absolute atomic E-state index is 0.195. The fourth-order valence-electron chi connectivity index (χ4n) is 1.75. The summed E-state index contributed by atoms with van der Waals surface area (Å²) < 4.78 is 10.5. The van der Waals surface area contributed by atoms with Crippen LogP contribution in [0.15, 0.2) is 36.7 Å². The molecule has 0 saturated carbocycles. The van der Waals surface area contributed by atoms with Gasteiger partial charge in [-0.2, -0.15) is 0 Å². The van der Waals surface area contributed by atoms with E-state index in [-0.39, 0.29) is 24.5 Å². The van der Waals surface area contributed by atoms with E-state index in [2.05, 4.69) is 15.3 Å². The Morgan fingerprint density at radius 3 is 2.30 bits per heavy atom. The van der Waals surface area contributed by atoms with Gasteiger partial charge in [0.25, 0.3) is 5.91 Å². The van der Waals surface area contributed by atoms with Crippen LogP contribution in [0.5, 0.6) is 11.5 Å². The van der Waals surface area contributed by atoms with Crippen LogP contribution in [0.4, 0.5) is 0 Å². The summed E-state index contributed by atoms with van der Waals surface area (Å²) in [6, 6.07) is 7.00. The second kappa shape index (κ2) is 7.74. The second-order valence-corrected chi connectivity index (χ2v) is 4.34. The predicted molar refractivity (Wildman–Crippen MR) is 79.8 cm³/mol. The van der Waals surface area contributed by atoms with Gasteiger partial charge >= 0.3 is 5.97 Å². The van der Waals surface area contributed by atoms with Crippen LogP contribution in [0.3, 0.4) is 0 Å². The number of hydrogen-bond acceptors (Lipinski definition) is 6. The van der Waals surface area contributed by atoms with Crippen molar-refractivity contribution in [2.45, 2.75) is 0 Å². The molecule has 0 unspecified atom stereocenters. The molecule has 8 nitrogen and oxygen atoms in total. The number of hydrogen-bond donors (Lipinski definition) is 2. The smallest absolute Gasteiger partial charge is 0.356 e. The van der Waals surface area contributed by atoms with Crippen LogP contribution < -0.4 is 14.8 Å². The van der Waals surface area contributed by atoms with Crippen LogP contribution in [0.1, 0.15) is 21.0 Å². The largest absolute Gasteiger partial charge is 0.497 e. The van der Waals surface area contributed by atoms with Gasteiger partial charge in [0, 0.05) is 12.4 Å². The predicted octanol–water partition coefficient (Wildman–Crippen LogP) is 0.992. The Morgan fingerprint density at radius 1 is 1.09 bits per heavy atom. The molecule has 0 spiro atoms. The topological polar surface area (TPSA) is 111 Å². The minimum Gasteiger partial charge on any atom is -0.497 e. The van der Waals surface area contributed by atoms with E-state index in [9.17, 15) is 9.59 Å². The van der Waals surface area contributed by atoms with Gasteiger partial charge in [-0.05, 0) is 24.3 Å². The van der Waals surface area contributed by atoms with E-state index in [1.165, 1.54) is 12.4 Å². The molecule has 0 atom stereocenters. The number of benzene rings is 1. The number of aromatic carboxylic acids is 1. The first-order valence-electron chi connectivity index (χ1n) is 6.71. The fourth-order valence-corrected chi connectivity index (χ4v) is 1.75. The monoisotopic (exact) mass is 317 g/mol. The highest BCUT2D eigenvalue weighted by Gasteiger charge is 2.18. The van der Waals surface area contributed by atoms with Gasteiger partial charge in [-0.15, -0.1) is 0 Å². The molecule has 2 N–H and O–H groups in total. The normalized spacial score (nSPS) is 9.96. The summed E-state index contributed by atoms with van der Waals surface area (Å²) in [6.45, 7) is 0.418. The van der Waals surface area contributed by atoms with Gasteiger partial charge in [-0.1, -0.05) is 0 Å². The zero-order valence-electron chi connectivity index (χ0n) is 12.4. The van der Waals surface area contributed by atoms with E-state index < -0.39 is 11.9 Å². The lowest BCUT2D eigenvalue weighted by atomic mass is 10.3. The molecule has 8 heteroatoms. The maximum absolute atomic E-state index is 11.9. The van der Waals surface area contributed by atoms with Gasteiger partial charge in [-0.25, -0.2) is 14.8 Å². The van der Waals surface area contributed by atoms with Crippen LogP contribution in [0, 0.1) is 0 Å². The third-order valence-electron chi connectivity index (χ3n) is 2.83. The molecular formula is C15H15N3O5. The zero-order valence-corrected chi connectivity index (χ0v) is 12.4. The van der Waals surface area contributed by atoms with E-state index >= 15 is 0 Å². The van der Waals surface area contributed by atoms with Crippen LogP contribution in [-0.4, -0.2) is 47.2 Å². The van der Waals surface area contributed by atoms with Crippen LogP contribution in [0.25, 0.3) is 0 Å². The van der Waals surface area contributed by atoms with Crippen molar-refractivity contribution in [3.05, 3.63) is 48.0 Å². The van der Waals surface area contributed by atoms with E-state index in [1.54, 1.807) is 31.4 Å². The van der Waals surface area contributed by atoms with Crippen molar-refractivity contribution in [1.82, 2.24) is 15.3 Å². The highest BCUT2D eigenvalue weighted by Crippen LogP contribution is 2.16. The molecule has 1 heterocycles. The molecule has 23 heavy (non-hydrogen) atoms. The molecule has 0 fully saturated rings. The van der Waals surface area contributed by atoms with Crippen molar-refractivity contribution in [2.75, 3.05) is 20.3 Å². The average Bonchev–Trinajstić information content (AvgIpc) is 2.59. The summed E-state index contributed by atoms with van der Waals surface area (Å²) in [7, 11) is 1.57. The van der Waals surface area contributed by atoms with E-state index in [1.807, 2.05) is 0 Å². The Bertz CT molecular complexity index is 688. The van der Waals surface area contributed by atoms with Gasteiger partial charge in [0.15, 0.2) is 11.4 Å². The van der Waals surface area contributed by atoms with Crippen LogP contribution >= 0.6 is 0 Å². The molecule has 1 amide bonds. The maximum atomic E-state index is 11.9. The van der Waals surface area contributed by atoms with Crippen molar-refractivity contribution in [2.24, 2.45) is 0 Å². The van der Waals surface area contributed by atoms with Crippen molar-refractivity contribution in [3.8, 4) is 11.5 Å². The summed E-state index contributed by atoms with van der Waals surface area (Å²) in [4.78, 5) is 30.3. The first-order valence-corrected chi connectivity index (χ1v) is 6.71. The van der Waals surface area contributed by atoms with E-state index in [0.717, 1.165) is 5.75 Å². The lowest BCUT2D eigenvalue weighted by Gasteiger charge is -2.08. The molecule has 0 radical (unpaired) electrons. The number of amides is 1. The standard InChI is InChI=1S/C15H15N3O5/c1-22-10-2-4-11(5-3-10)23-9-8-18-14(19)12-13(15(20)21)17-7-6-16-12/h2-7H,8-9H2,1H3,(H,18,19)(H,20,21). The molecule has 1 aromatic carbocycles. The number of carbonyl (C=O) groups excluding carboxylic acids is 1. The number of carbonyl (C=O) groups is 2. The number of ether oxygens (including phenoxy) is 2. The van der Waals surface area contributed by atoms with Gasteiger partial charge in [-0.3, -0.25) is 4.79 Å². The summed E-state index contributed by atoms with van der Waals surface area (Å²) >= 11 is 0. The highest BCUT2D eigenvalue weighted by atomic mass is 16.5. The lowest BCUT2D eigenvalue weighted by molar-refractivity contribution is 0.0683. The Labute approximate surface area is 132 Å². The number of nitrogens with zero attached hydrogens (tertiary/aromatic N) is 2. The van der Waals surface area contributed by atoms with Crippen molar-refractivity contribution < 1.29 is 24.2 Å². The molecule has 0 aliphatic heterocycles. The average molecular weight is 317 g/mol. The van der Waals surface area contributed by atoms with Crippen molar-refractivity contribution in [3.63, 3.8) is 0 Å². The van der Waals surface area contributed by atoms with Crippen LogP contribution in [-0.2, 0) is 0 Å². The molecule has 0 saturated heterocycles. The molecule has 2 aromatic rings. The summed E-state index contributed by atoms with van der Waals surface area (Å²) in [5.74, 6) is -0.577. The van der Waals surface area contributed by atoms with E-state index in [0.29, 0.717) is 5.75 Å².